The zero-order chi connectivity index (χ0) is 35.6. The molecule has 11 rings (SSSR count). The van der Waals surface area contributed by atoms with Gasteiger partial charge in [0, 0.05) is 34.1 Å². The van der Waals surface area contributed by atoms with Gasteiger partial charge in [0.15, 0.2) is 11.3 Å². The van der Waals surface area contributed by atoms with Crippen molar-refractivity contribution in [2.24, 2.45) is 0 Å². The van der Waals surface area contributed by atoms with Gasteiger partial charge in [-0.2, -0.15) is 0 Å². The minimum Gasteiger partial charge on any atom is -0.278 e. The lowest BCUT2D eigenvalue weighted by molar-refractivity contribution is 0.919. The fourth-order valence-corrected chi connectivity index (χ4v) is 7.62. The van der Waals surface area contributed by atoms with Gasteiger partial charge >= 0.3 is 0 Å². The number of pyridine rings is 1. The van der Waals surface area contributed by atoms with E-state index in [0.29, 0.717) is 28.7 Å². The Morgan fingerprint density at radius 1 is 0.352 bits per heavy atom. The summed E-state index contributed by atoms with van der Waals surface area (Å²) in [5, 5.41) is 0.972. The van der Waals surface area contributed by atoms with Crippen molar-refractivity contribution in [3.63, 3.8) is 0 Å². The molecule has 0 aliphatic heterocycles. The summed E-state index contributed by atoms with van der Waals surface area (Å²) >= 11 is 0. The van der Waals surface area contributed by atoms with Crippen LogP contribution in [-0.4, -0.2) is 43.2 Å². The fourth-order valence-electron chi connectivity index (χ4n) is 7.62. The summed E-state index contributed by atoms with van der Waals surface area (Å²) in [7, 11) is 0. The van der Waals surface area contributed by atoms with E-state index in [9.17, 15) is 0 Å². The third kappa shape index (κ3) is 4.48. The largest absolute Gasteiger partial charge is 0.278 e. The molecular formula is C45H29N9. The summed E-state index contributed by atoms with van der Waals surface area (Å²) in [6.07, 6.45) is 5.67. The van der Waals surface area contributed by atoms with Crippen LogP contribution in [0.25, 0.3) is 90.1 Å². The van der Waals surface area contributed by atoms with Crippen LogP contribution in [-0.2, 0) is 0 Å². The number of nitrogens with zero attached hydrogens (tertiary/aromatic N) is 9. The van der Waals surface area contributed by atoms with Crippen LogP contribution in [0, 0.1) is 0 Å². The van der Waals surface area contributed by atoms with Crippen LogP contribution in [0.3, 0.4) is 0 Å². The first-order valence-corrected chi connectivity index (χ1v) is 17.8. The lowest BCUT2D eigenvalue weighted by atomic mass is 10.1. The lowest BCUT2D eigenvalue weighted by Crippen LogP contribution is -2.09. The molecule has 0 atom stereocenters. The Kier molecular flexibility index (Phi) is 6.65. The molecule has 6 heterocycles. The van der Waals surface area contributed by atoms with Gasteiger partial charge in [-0.3, -0.25) is 23.3 Å². The number of fused-ring (bicyclic) bond motifs is 6. The van der Waals surface area contributed by atoms with Crippen LogP contribution >= 0.6 is 0 Å². The molecule has 254 valence electrons. The van der Waals surface area contributed by atoms with Crippen molar-refractivity contribution in [3.8, 4) is 45.8 Å². The molecule has 6 aromatic heterocycles. The summed E-state index contributed by atoms with van der Waals surface area (Å²) in [5.41, 5.74) is 11.3. The Morgan fingerprint density at radius 2 is 0.833 bits per heavy atom. The smallest absolute Gasteiger partial charge is 0.221 e. The van der Waals surface area contributed by atoms with Crippen LogP contribution in [0.2, 0.25) is 0 Å². The predicted molar refractivity (Wildman–Crippen MR) is 214 cm³/mol. The SMILES string of the molecule is c1ccc(-c2cnc(-n3c4ccccc4c4nc5c6ncccc6n(-c6ncc(-c7ccccc7)n6-c6ccccc6)c5nc43)n2-c2ccccc2)cc1. The standard InChI is InChI=1S/C45H29N9/c1-5-16-30(17-6-1)37-28-47-44(51(37)32-20-9-3-10-21-32)53-35-25-14-13-24-34(35)39-42(53)50-43-41(49-39)40-36(26-15-27-46-40)54(43)45-48-29-38(31-18-7-2-8-19-31)52(45)33-22-11-4-12-23-33/h1-29H. The zero-order valence-electron chi connectivity index (χ0n) is 28.8. The minimum atomic E-state index is 0.642. The molecule has 5 aromatic carbocycles. The van der Waals surface area contributed by atoms with Gasteiger partial charge in [0.1, 0.15) is 16.6 Å². The highest BCUT2D eigenvalue weighted by Gasteiger charge is 2.27. The van der Waals surface area contributed by atoms with Crippen LogP contribution in [0.1, 0.15) is 0 Å². The molecular weight excluding hydrogens is 667 g/mol. The Bertz CT molecular complexity index is 2930. The van der Waals surface area contributed by atoms with Gasteiger partial charge in [0.2, 0.25) is 11.9 Å². The van der Waals surface area contributed by atoms with E-state index in [1.807, 2.05) is 97.5 Å². The molecule has 9 nitrogen and oxygen atoms in total. The molecule has 0 fully saturated rings. The first kappa shape index (κ1) is 30.0. The first-order valence-electron chi connectivity index (χ1n) is 17.8. The highest BCUT2D eigenvalue weighted by molar-refractivity contribution is 6.11. The topological polar surface area (TPSA) is 84.2 Å². The third-order valence-electron chi connectivity index (χ3n) is 9.99. The van der Waals surface area contributed by atoms with Gasteiger partial charge < -0.3 is 0 Å². The number of rotatable bonds is 6. The highest BCUT2D eigenvalue weighted by atomic mass is 15.3. The van der Waals surface area contributed by atoms with E-state index in [1.54, 1.807) is 0 Å². The number of hydrogen-bond acceptors (Lipinski definition) is 5. The average Bonchev–Trinajstić information content (AvgIpc) is 4.02. The van der Waals surface area contributed by atoms with Crippen molar-refractivity contribution in [2.45, 2.75) is 0 Å². The number of para-hydroxylation sites is 3. The van der Waals surface area contributed by atoms with Crippen molar-refractivity contribution in [2.75, 3.05) is 0 Å². The summed E-state index contributed by atoms with van der Waals surface area (Å²) in [6, 6.07) is 53.6. The molecule has 11 aromatic rings. The summed E-state index contributed by atoms with van der Waals surface area (Å²) in [5.74, 6) is 1.39. The second-order valence-electron chi connectivity index (χ2n) is 13.1. The Labute approximate surface area is 308 Å². The van der Waals surface area contributed by atoms with E-state index in [4.69, 9.17) is 24.9 Å². The maximum absolute atomic E-state index is 5.56. The number of aromatic nitrogens is 9. The Balaban J connectivity index is 1.26. The molecule has 0 unspecified atom stereocenters. The monoisotopic (exact) mass is 695 g/mol. The minimum absolute atomic E-state index is 0.642. The molecule has 54 heavy (non-hydrogen) atoms. The summed E-state index contributed by atoms with van der Waals surface area (Å²) < 4.78 is 8.59. The van der Waals surface area contributed by atoms with Crippen molar-refractivity contribution in [3.05, 3.63) is 176 Å². The lowest BCUT2D eigenvalue weighted by Gasteiger charge is -2.15. The second kappa shape index (κ2) is 12.0. The van der Waals surface area contributed by atoms with Crippen molar-refractivity contribution in [1.82, 2.24) is 43.2 Å². The van der Waals surface area contributed by atoms with E-state index in [1.165, 1.54) is 0 Å². The zero-order valence-corrected chi connectivity index (χ0v) is 28.8. The fraction of sp³-hybridized carbons (Fsp3) is 0. The maximum atomic E-state index is 5.56. The van der Waals surface area contributed by atoms with E-state index in [2.05, 4.69) is 97.1 Å². The molecule has 0 spiro atoms. The molecule has 0 saturated heterocycles. The summed E-state index contributed by atoms with van der Waals surface area (Å²) in [4.78, 5) is 26.1. The van der Waals surface area contributed by atoms with E-state index >= 15 is 0 Å². The summed E-state index contributed by atoms with van der Waals surface area (Å²) in [6.45, 7) is 0. The van der Waals surface area contributed by atoms with Gasteiger partial charge in [-0.15, -0.1) is 0 Å². The van der Waals surface area contributed by atoms with Crippen molar-refractivity contribution < 1.29 is 0 Å². The highest BCUT2D eigenvalue weighted by Crippen LogP contribution is 2.38. The molecule has 0 saturated carbocycles. The van der Waals surface area contributed by atoms with Crippen molar-refractivity contribution >= 4 is 44.3 Å². The van der Waals surface area contributed by atoms with E-state index in [0.717, 1.165) is 61.3 Å². The van der Waals surface area contributed by atoms with E-state index in [-0.39, 0.29) is 0 Å². The van der Waals surface area contributed by atoms with Crippen LogP contribution in [0.5, 0.6) is 0 Å². The molecule has 0 aliphatic rings. The first-order chi connectivity index (χ1) is 26.8. The second-order valence-corrected chi connectivity index (χ2v) is 13.1. The normalized spacial score (nSPS) is 11.7. The Morgan fingerprint density at radius 3 is 1.43 bits per heavy atom. The number of hydrogen-bond donors (Lipinski definition) is 0. The van der Waals surface area contributed by atoms with Gasteiger partial charge in [-0.25, -0.2) is 19.9 Å². The predicted octanol–water partition coefficient (Wildman–Crippen LogP) is 9.77. The Hall–Kier alpha value is -7.65. The number of benzene rings is 5. The van der Waals surface area contributed by atoms with E-state index < -0.39 is 0 Å². The van der Waals surface area contributed by atoms with Crippen molar-refractivity contribution in [1.29, 1.82) is 0 Å². The molecule has 0 N–H and O–H groups in total. The van der Waals surface area contributed by atoms with Gasteiger partial charge in [0.05, 0.1) is 34.8 Å². The van der Waals surface area contributed by atoms with Gasteiger partial charge in [-0.1, -0.05) is 115 Å². The maximum Gasteiger partial charge on any atom is 0.221 e. The number of imidazole rings is 2. The van der Waals surface area contributed by atoms with Crippen LogP contribution in [0.4, 0.5) is 0 Å². The van der Waals surface area contributed by atoms with Crippen LogP contribution in [0.15, 0.2) is 176 Å². The van der Waals surface area contributed by atoms with Crippen LogP contribution < -0.4 is 0 Å². The molecule has 0 aliphatic carbocycles. The average molecular weight is 696 g/mol. The molecule has 0 amide bonds. The quantitative estimate of drug-likeness (QED) is 0.173. The van der Waals surface area contributed by atoms with Gasteiger partial charge in [-0.05, 0) is 42.5 Å². The van der Waals surface area contributed by atoms with Gasteiger partial charge in [0.25, 0.3) is 0 Å². The third-order valence-corrected chi connectivity index (χ3v) is 9.99. The molecule has 0 radical (unpaired) electrons. The molecule has 0 bridgehead atoms. The molecule has 9 heteroatoms.